The lowest BCUT2D eigenvalue weighted by Crippen LogP contribution is -2.61. The molecule has 1 aromatic carbocycles. The van der Waals surface area contributed by atoms with Crippen LogP contribution in [0.3, 0.4) is 0 Å². The van der Waals surface area contributed by atoms with Gasteiger partial charge in [-0.15, -0.1) is 0 Å². The maximum absolute atomic E-state index is 12.3. The van der Waals surface area contributed by atoms with Crippen LogP contribution in [-0.4, -0.2) is 81.0 Å². The van der Waals surface area contributed by atoms with Gasteiger partial charge in [0.1, 0.15) is 24.1 Å². The molecule has 0 bridgehead atoms. The van der Waals surface area contributed by atoms with Crippen molar-refractivity contribution in [2.24, 2.45) is 0 Å². The lowest BCUT2D eigenvalue weighted by atomic mass is 9.94. The molecule has 1 saturated heterocycles. The largest absolute Gasteiger partial charge is 0.508 e. The van der Waals surface area contributed by atoms with E-state index in [0.717, 1.165) is 18.9 Å². The molecule has 1 aliphatic carbocycles. The van der Waals surface area contributed by atoms with E-state index in [1.165, 1.54) is 18.2 Å². The molecule has 0 unspecified atom stereocenters. The summed E-state index contributed by atoms with van der Waals surface area (Å²) in [5, 5.41) is 49.5. The summed E-state index contributed by atoms with van der Waals surface area (Å²) in [7, 11) is 0. The number of phenols is 1. The van der Waals surface area contributed by atoms with Crippen molar-refractivity contribution in [1.82, 2.24) is 0 Å². The molecular formula is C21H28O9. The molecule has 1 saturated carbocycles. The molecule has 2 aliphatic rings. The third-order valence-corrected chi connectivity index (χ3v) is 5.36. The highest BCUT2D eigenvalue weighted by Gasteiger charge is 2.48. The van der Waals surface area contributed by atoms with Gasteiger partial charge in [0.15, 0.2) is 12.4 Å². The molecule has 1 heterocycles. The number of esters is 1. The van der Waals surface area contributed by atoms with Gasteiger partial charge in [-0.05, 0) is 36.6 Å². The van der Waals surface area contributed by atoms with Crippen LogP contribution in [0.2, 0.25) is 0 Å². The number of rotatable bonds is 6. The number of aromatic hydroxyl groups is 1. The van der Waals surface area contributed by atoms with Crippen LogP contribution in [-0.2, 0) is 19.0 Å². The monoisotopic (exact) mass is 424 g/mol. The Hall–Kier alpha value is -2.01. The minimum Gasteiger partial charge on any atom is -0.508 e. The zero-order valence-electron chi connectivity index (χ0n) is 16.4. The zero-order valence-corrected chi connectivity index (χ0v) is 16.4. The van der Waals surface area contributed by atoms with Crippen LogP contribution in [0.4, 0.5) is 0 Å². The van der Waals surface area contributed by atoms with E-state index in [1.807, 2.05) is 0 Å². The second-order valence-electron chi connectivity index (χ2n) is 7.56. The maximum Gasteiger partial charge on any atom is 0.331 e. The molecule has 166 valence electrons. The number of aliphatic hydroxyl groups is 4. The Kier molecular flexibility index (Phi) is 7.81. The molecule has 0 aromatic heterocycles. The molecule has 9 heteroatoms. The molecule has 0 radical (unpaired) electrons. The number of hydrogen-bond acceptors (Lipinski definition) is 9. The van der Waals surface area contributed by atoms with Crippen LogP contribution in [0.15, 0.2) is 30.3 Å². The first-order chi connectivity index (χ1) is 14.4. The van der Waals surface area contributed by atoms with Crippen molar-refractivity contribution in [3.8, 4) is 5.75 Å². The predicted molar refractivity (Wildman–Crippen MR) is 104 cm³/mol. The summed E-state index contributed by atoms with van der Waals surface area (Å²) in [5.74, 6) is -0.710. The molecule has 3 rings (SSSR count). The zero-order chi connectivity index (χ0) is 21.7. The molecule has 1 aliphatic heterocycles. The van der Waals surface area contributed by atoms with Gasteiger partial charge in [-0.3, -0.25) is 0 Å². The first-order valence-corrected chi connectivity index (χ1v) is 10.0. The Morgan fingerprint density at radius 2 is 1.80 bits per heavy atom. The normalized spacial score (nSPS) is 34.7. The number of hydrogen-bond donors (Lipinski definition) is 5. The summed E-state index contributed by atoms with van der Waals surface area (Å²) in [6.07, 6.45) is -2.59. The van der Waals surface area contributed by atoms with Crippen molar-refractivity contribution < 1.29 is 44.5 Å². The molecule has 1 aromatic rings. The van der Waals surface area contributed by atoms with Crippen molar-refractivity contribution in [2.45, 2.75) is 68.6 Å². The van der Waals surface area contributed by atoms with Crippen molar-refractivity contribution in [2.75, 3.05) is 6.61 Å². The number of ether oxygens (including phenoxy) is 3. The highest BCUT2D eigenvalue weighted by molar-refractivity contribution is 5.87. The van der Waals surface area contributed by atoms with E-state index in [-0.39, 0.29) is 5.75 Å². The van der Waals surface area contributed by atoms with Crippen molar-refractivity contribution >= 4 is 12.0 Å². The summed E-state index contributed by atoms with van der Waals surface area (Å²) in [5.41, 5.74) is 0.642. The van der Waals surface area contributed by atoms with Gasteiger partial charge >= 0.3 is 5.97 Å². The van der Waals surface area contributed by atoms with E-state index in [2.05, 4.69) is 0 Å². The van der Waals surface area contributed by atoms with Gasteiger partial charge in [-0.2, -0.15) is 0 Å². The summed E-state index contributed by atoms with van der Waals surface area (Å²) in [6.45, 7) is -0.563. The fourth-order valence-corrected chi connectivity index (χ4v) is 3.62. The molecule has 0 spiro atoms. The Balaban J connectivity index is 1.70. The summed E-state index contributed by atoms with van der Waals surface area (Å²) < 4.78 is 16.6. The minimum atomic E-state index is -1.55. The van der Waals surface area contributed by atoms with Crippen LogP contribution < -0.4 is 0 Å². The number of aliphatic hydroxyl groups excluding tert-OH is 4. The second kappa shape index (κ2) is 10.3. The van der Waals surface area contributed by atoms with E-state index in [0.29, 0.717) is 18.4 Å². The van der Waals surface area contributed by atoms with Crippen LogP contribution in [0.25, 0.3) is 6.08 Å². The standard InChI is InChI=1S/C21H28O9/c22-11-16-18(26)19(27)20(21(29-16)28-15-4-2-1-3-14(15)24)30-17(25)10-7-12-5-8-13(23)9-6-12/h5-10,14-16,18-24,26-27H,1-4,11H2/t14-,15-,16-,18-,19+,20+,21+/m1/s1. The van der Waals surface area contributed by atoms with Crippen LogP contribution in [0.1, 0.15) is 31.2 Å². The van der Waals surface area contributed by atoms with Crippen molar-refractivity contribution in [3.63, 3.8) is 0 Å². The topological polar surface area (TPSA) is 146 Å². The molecular weight excluding hydrogens is 396 g/mol. The van der Waals surface area contributed by atoms with Gasteiger partial charge in [0, 0.05) is 6.08 Å². The third kappa shape index (κ3) is 5.57. The predicted octanol–water partition coefficient (Wildman–Crippen LogP) is 0.0763. The summed E-state index contributed by atoms with van der Waals surface area (Å²) >= 11 is 0. The van der Waals surface area contributed by atoms with Crippen molar-refractivity contribution in [3.05, 3.63) is 35.9 Å². The molecule has 5 N–H and O–H groups in total. The molecule has 2 fully saturated rings. The number of carbonyl (C=O) groups excluding carboxylic acids is 1. The smallest absolute Gasteiger partial charge is 0.331 e. The molecule has 30 heavy (non-hydrogen) atoms. The number of phenolic OH excluding ortho intramolecular Hbond substituents is 1. The minimum absolute atomic E-state index is 0.0921. The van der Waals surface area contributed by atoms with Crippen molar-refractivity contribution in [1.29, 1.82) is 0 Å². The van der Waals surface area contributed by atoms with E-state index in [9.17, 15) is 30.3 Å². The van der Waals surface area contributed by atoms with Crippen LogP contribution >= 0.6 is 0 Å². The highest BCUT2D eigenvalue weighted by atomic mass is 16.7. The van der Waals surface area contributed by atoms with Crippen LogP contribution in [0.5, 0.6) is 5.75 Å². The van der Waals surface area contributed by atoms with Crippen LogP contribution in [0, 0.1) is 0 Å². The summed E-state index contributed by atoms with van der Waals surface area (Å²) in [4.78, 5) is 12.3. The van der Waals surface area contributed by atoms with Gasteiger partial charge in [0.05, 0.1) is 18.8 Å². The highest BCUT2D eigenvalue weighted by Crippen LogP contribution is 2.29. The quantitative estimate of drug-likeness (QED) is 0.316. The van der Waals surface area contributed by atoms with E-state index < -0.39 is 55.5 Å². The Bertz CT molecular complexity index is 720. The van der Waals surface area contributed by atoms with Gasteiger partial charge in [0.2, 0.25) is 0 Å². The molecule has 0 amide bonds. The van der Waals surface area contributed by atoms with E-state index in [4.69, 9.17) is 14.2 Å². The van der Waals surface area contributed by atoms with E-state index >= 15 is 0 Å². The van der Waals surface area contributed by atoms with E-state index in [1.54, 1.807) is 12.1 Å². The average Bonchev–Trinajstić information content (AvgIpc) is 2.74. The molecule has 7 atom stereocenters. The SMILES string of the molecule is O=C(C=Cc1ccc(O)cc1)O[C@@H]1[C@@H](O[C@@H]2CCCC[C@H]2O)O[C@H](CO)[C@@H](O)[C@@H]1O. The first kappa shape index (κ1) is 22.7. The van der Waals surface area contributed by atoms with Gasteiger partial charge < -0.3 is 39.7 Å². The van der Waals surface area contributed by atoms with Gasteiger partial charge in [-0.25, -0.2) is 4.79 Å². The lowest BCUT2D eigenvalue weighted by Gasteiger charge is -2.43. The maximum atomic E-state index is 12.3. The second-order valence-corrected chi connectivity index (χ2v) is 7.56. The fraction of sp³-hybridized carbons (Fsp3) is 0.571. The Labute approximate surface area is 174 Å². The first-order valence-electron chi connectivity index (χ1n) is 10.0. The lowest BCUT2D eigenvalue weighted by molar-refractivity contribution is -0.320. The number of carbonyl (C=O) groups is 1. The fourth-order valence-electron chi connectivity index (χ4n) is 3.62. The average molecular weight is 424 g/mol. The number of benzene rings is 1. The Morgan fingerprint density at radius 1 is 1.10 bits per heavy atom. The Morgan fingerprint density at radius 3 is 2.47 bits per heavy atom. The van der Waals surface area contributed by atoms with Gasteiger partial charge in [-0.1, -0.05) is 25.0 Å². The summed E-state index contributed by atoms with van der Waals surface area (Å²) in [6, 6.07) is 6.14. The van der Waals surface area contributed by atoms with Gasteiger partial charge in [0.25, 0.3) is 0 Å². The molecule has 9 nitrogen and oxygen atoms in total. The third-order valence-electron chi connectivity index (χ3n) is 5.36.